The Labute approximate surface area is 265 Å². The Hall–Kier alpha value is -4.67. The Morgan fingerprint density at radius 1 is 0.761 bits per heavy atom. The lowest BCUT2D eigenvalue weighted by Crippen LogP contribution is -2.47. The summed E-state index contributed by atoms with van der Waals surface area (Å²) >= 11 is 0. The first-order chi connectivity index (χ1) is 22.0. The summed E-state index contributed by atoms with van der Waals surface area (Å²) in [6.07, 6.45) is -2.82. The number of aliphatic carboxylic acids is 2. The fraction of sp³-hybridized carbons (Fsp3) is 0.371. The monoisotopic (exact) mass is 638 g/mol. The Kier molecular flexibility index (Phi) is 11.6. The van der Waals surface area contributed by atoms with Crippen LogP contribution in [0.2, 0.25) is 0 Å². The SMILES string of the molecule is O=C(O)CCN(CCC(c1ccccc1)c1ccccc1)C(=O)[C@@H](NC(=O)[C@@H]1CCCC[C@H]1C(=O)O)c1ccc(C(F)(F)F)cc1. The number of carboxylic acid groups (broad SMARTS) is 2. The number of hydrogen-bond donors (Lipinski definition) is 3. The van der Waals surface area contributed by atoms with Crippen LogP contribution in [0.15, 0.2) is 84.9 Å². The van der Waals surface area contributed by atoms with E-state index in [9.17, 15) is 42.6 Å². The van der Waals surface area contributed by atoms with Crippen molar-refractivity contribution in [3.63, 3.8) is 0 Å². The van der Waals surface area contributed by atoms with E-state index in [4.69, 9.17) is 0 Å². The molecular weight excluding hydrogens is 601 g/mol. The van der Waals surface area contributed by atoms with E-state index in [2.05, 4.69) is 5.32 Å². The van der Waals surface area contributed by atoms with Crippen LogP contribution in [0.3, 0.4) is 0 Å². The van der Waals surface area contributed by atoms with Crippen molar-refractivity contribution in [2.75, 3.05) is 13.1 Å². The van der Waals surface area contributed by atoms with Gasteiger partial charge in [-0.3, -0.25) is 19.2 Å². The van der Waals surface area contributed by atoms with Gasteiger partial charge in [-0.25, -0.2) is 0 Å². The van der Waals surface area contributed by atoms with Gasteiger partial charge in [0.15, 0.2) is 0 Å². The van der Waals surface area contributed by atoms with Crippen LogP contribution in [0.1, 0.15) is 72.7 Å². The van der Waals surface area contributed by atoms with Crippen LogP contribution < -0.4 is 5.32 Å². The summed E-state index contributed by atoms with van der Waals surface area (Å²) in [5, 5.41) is 21.8. The zero-order valence-electron chi connectivity index (χ0n) is 25.2. The van der Waals surface area contributed by atoms with Crippen LogP contribution >= 0.6 is 0 Å². The third-order valence-corrected chi connectivity index (χ3v) is 8.52. The number of benzene rings is 3. The van der Waals surface area contributed by atoms with Gasteiger partial charge in [-0.2, -0.15) is 13.2 Å². The van der Waals surface area contributed by atoms with Crippen molar-refractivity contribution in [2.45, 2.75) is 56.7 Å². The highest BCUT2D eigenvalue weighted by molar-refractivity contribution is 5.91. The quantitative estimate of drug-likeness (QED) is 0.203. The van der Waals surface area contributed by atoms with Crippen molar-refractivity contribution < 1.29 is 42.6 Å². The van der Waals surface area contributed by atoms with Gasteiger partial charge in [-0.15, -0.1) is 0 Å². The van der Waals surface area contributed by atoms with Crippen molar-refractivity contribution in [1.82, 2.24) is 10.2 Å². The van der Waals surface area contributed by atoms with E-state index < -0.39 is 59.8 Å². The molecule has 3 aromatic carbocycles. The van der Waals surface area contributed by atoms with Crippen LogP contribution in [0, 0.1) is 11.8 Å². The second kappa shape index (κ2) is 15.6. The molecule has 3 aromatic rings. The van der Waals surface area contributed by atoms with Crippen LogP contribution in [0.25, 0.3) is 0 Å². The van der Waals surface area contributed by atoms with Crippen molar-refractivity contribution in [3.8, 4) is 0 Å². The molecule has 1 aliphatic carbocycles. The molecule has 244 valence electrons. The molecule has 1 saturated carbocycles. The molecule has 0 saturated heterocycles. The molecule has 0 heterocycles. The first-order valence-corrected chi connectivity index (χ1v) is 15.3. The second-order valence-corrected chi connectivity index (χ2v) is 11.5. The topological polar surface area (TPSA) is 124 Å². The largest absolute Gasteiger partial charge is 0.481 e. The lowest BCUT2D eigenvalue weighted by Gasteiger charge is -2.32. The molecule has 1 fully saturated rings. The molecule has 0 aliphatic heterocycles. The lowest BCUT2D eigenvalue weighted by atomic mass is 9.78. The maximum Gasteiger partial charge on any atom is 0.416 e. The Bertz CT molecular complexity index is 1440. The van der Waals surface area contributed by atoms with Crippen LogP contribution in [-0.2, 0) is 25.4 Å². The predicted octanol–water partition coefficient (Wildman–Crippen LogP) is 6.28. The minimum atomic E-state index is -4.63. The van der Waals surface area contributed by atoms with Crippen LogP contribution in [0.4, 0.5) is 13.2 Å². The number of carbonyl (C=O) groups is 4. The van der Waals surface area contributed by atoms with E-state index in [1.54, 1.807) is 0 Å². The summed E-state index contributed by atoms with van der Waals surface area (Å²) in [5.74, 6) is -5.72. The number of amides is 2. The average Bonchev–Trinajstić information content (AvgIpc) is 3.05. The van der Waals surface area contributed by atoms with Gasteiger partial charge in [0.1, 0.15) is 6.04 Å². The van der Waals surface area contributed by atoms with Crippen molar-refractivity contribution >= 4 is 23.8 Å². The number of halogens is 3. The molecule has 11 heteroatoms. The highest BCUT2D eigenvalue weighted by atomic mass is 19.4. The van der Waals surface area contributed by atoms with Gasteiger partial charge in [0.05, 0.1) is 23.8 Å². The van der Waals surface area contributed by atoms with Crippen molar-refractivity contribution in [2.24, 2.45) is 11.8 Å². The maximum absolute atomic E-state index is 14.2. The van der Waals surface area contributed by atoms with Gasteiger partial charge in [-0.05, 0) is 48.1 Å². The smallest absolute Gasteiger partial charge is 0.416 e. The van der Waals surface area contributed by atoms with Gasteiger partial charge in [-0.1, -0.05) is 85.6 Å². The zero-order valence-corrected chi connectivity index (χ0v) is 25.2. The van der Waals surface area contributed by atoms with Gasteiger partial charge >= 0.3 is 18.1 Å². The first kappa shape index (κ1) is 34.2. The third kappa shape index (κ3) is 8.95. The molecule has 0 unspecified atom stereocenters. The van der Waals surface area contributed by atoms with Gasteiger partial charge in [0.2, 0.25) is 11.8 Å². The molecular formula is C35H37F3N2O6. The number of rotatable bonds is 13. The fourth-order valence-corrected chi connectivity index (χ4v) is 6.07. The van der Waals surface area contributed by atoms with E-state index in [-0.39, 0.29) is 37.4 Å². The van der Waals surface area contributed by atoms with E-state index in [1.807, 2.05) is 60.7 Å². The van der Waals surface area contributed by atoms with Crippen molar-refractivity contribution in [3.05, 3.63) is 107 Å². The number of alkyl halides is 3. The summed E-state index contributed by atoms with van der Waals surface area (Å²) in [7, 11) is 0. The minimum absolute atomic E-state index is 0.0667. The Balaban J connectivity index is 1.67. The number of nitrogens with one attached hydrogen (secondary N) is 1. The zero-order chi connectivity index (χ0) is 33.3. The predicted molar refractivity (Wildman–Crippen MR) is 164 cm³/mol. The summed E-state index contributed by atoms with van der Waals surface area (Å²) in [5.41, 5.74) is 1.08. The molecule has 0 bridgehead atoms. The Morgan fingerprint density at radius 2 is 1.30 bits per heavy atom. The third-order valence-electron chi connectivity index (χ3n) is 8.52. The highest BCUT2D eigenvalue weighted by Gasteiger charge is 2.39. The molecule has 2 amide bonds. The second-order valence-electron chi connectivity index (χ2n) is 11.5. The Morgan fingerprint density at radius 3 is 1.80 bits per heavy atom. The normalized spacial score (nSPS) is 17.2. The number of nitrogens with zero attached hydrogens (tertiary/aromatic N) is 1. The molecule has 0 radical (unpaired) electrons. The minimum Gasteiger partial charge on any atom is -0.481 e. The van der Waals surface area contributed by atoms with Gasteiger partial charge < -0.3 is 20.4 Å². The molecule has 3 atom stereocenters. The molecule has 4 rings (SSSR count). The number of carboxylic acids is 2. The summed E-state index contributed by atoms with van der Waals surface area (Å²) in [6.45, 7) is -0.132. The molecule has 1 aliphatic rings. The van der Waals surface area contributed by atoms with Crippen molar-refractivity contribution in [1.29, 1.82) is 0 Å². The van der Waals surface area contributed by atoms with Gasteiger partial charge in [0, 0.05) is 19.0 Å². The van der Waals surface area contributed by atoms with Crippen LogP contribution in [-0.4, -0.2) is 52.0 Å². The summed E-state index contributed by atoms with van der Waals surface area (Å²) in [4.78, 5) is 52.6. The molecule has 0 aromatic heterocycles. The molecule has 3 N–H and O–H groups in total. The molecule has 8 nitrogen and oxygen atoms in total. The number of carbonyl (C=O) groups excluding carboxylic acids is 2. The van der Waals surface area contributed by atoms with E-state index in [1.165, 1.54) is 4.90 Å². The fourth-order valence-electron chi connectivity index (χ4n) is 6.07. The molecule has 46 heavy (non-hydrogen) atoms. The maximum atomic E-state index is 14.2. The molecule has 0 spiro atoms. The van der Waals surface area contributed by atoms with E-state index >= 15 is 0 Å². The standard InChI is InChI=1S/C35H37F3N2O6/c36-35(37,38)26-17-15-25(16-18-26)31(39-32(43)28-13-7-8-14-29(28)34(45)46)33(44)40(22-20-30(41)42)21-19-27(23-9-3-1-4-10-23)24-11-5-2-6-12-24/h1-6,9-12,15-18,27-29,31H,7-8,13-14,19-22H2,(H,39,43)(H,41,42)(H,45,46)/t28-,29-,31+/m1/s1. The lowest BCUT2D eigenvalue weighted by molar-refractivity contribution is -0.149. The first-order valence-electron chi connectivity index (χ1n) is 15.3. The summed E-state index contributed by atoms with van der Waals surface area (Å²) < 4.78 is 40.1. The van der Waals surface area contributed by atoms with E-state index in [0.29, 0.717) is 19.3 Å². The number of hydrogen-bond acceptors (Lipinski definition) is 4. The average molecular weight is 639 g/mol. The highest BCUT2D eigenvalue weighted by Crippen LogP contribution is 2.34. The van der Waals surface area contributed by atoms with Crippen LogP contribution in [0.5, 0.6) is 0 Å². The van der Waals surface area contributed by atoms with Gasteiger partial charge in [0.25, 0.3) is 0 Å². The van der Waals surface area contributed by atoms with E-state index in [0.717, 1.165) is 35.4 Å². The summed E-state index contributed by atoms with van der Waals surface area (Å²) in [6, 6.07) is 21.5.